The Morgan fingerprint density at radius 1 is 1.53 bits per heavy atom. The third kappa shape index (κ3) is 4.57. The van der Waals surface area contributed by atoms with Crippen molar-refractivity contribution >= 4 is 0 Å². The van der Waals surface area contributed by atoms with E-state index in [0.717, 1.165) is 19.3 Å². The lowest BCUT2D eigenvalue weighted by atomic mass is 10.00. The molecular formula is C14H22N2O. The predicted molar refractivity (Wildman–Crippen MR) is 71.4 cm³/mol. The van der Waals surface area contributed by atoms with E-state index in [-0.39, 0.29) is 0 Å². The topological polar surface area (TPSA) is 34.1 Å². The smallest absolute Gasteiger partial charge is 0.212 e. The van der Waals surface area contributed by atoms with Crippen molar-refractivity contribution in [3.63, 3.8) is 0 Å². The lowest BCUT2D eigenvalue weighted by molar-refractivity contribution is 0.397. The summed E-state index contributed by atoms with van der Waals surface area (Å²) < 4.78 is 5.04. The summed E-state index contributed by atoms with van der Waals surface area (Å²) in [5.74, 6) is 0.660. The number of aromatic nitrogens is 1. The first-order chi connectivity index (χ1) is 8.19. The van der Waals surface area contributed by atoms with Gasteiger partial charge in [-0.1, -0.05) is 25.1 Å². The van der Waals surface area contributed by atoms with Crippen LogP contribution in [-0.4, -0.2) is 25.2 Å². The first kappa shape index (κ1) is 13.7. The summed E-state index contributed by atoms with van der Waals surface area (Å²) in [6, 6.07) is 4.39. The fourth-order valence-electron chi connectivity index (χ4n) is 1.71. The third-order valence-corrected chi connectivity index (χ3v) is 2.93. The fourth-order valence-corrected chi connectivity index (χ4v) is 1.71. The molecule has 0 amide bonds. The average Bonchev–Trinajstić information content (AvgIpc) is 2.38. The van der Waals surface area contributed by atoms with Gasteiger partial charge in [0.15, 0.2) is 0 Å². The van der Waals surface area contributed by atoms with Crippen molar-refractivity contribution < 1.29 is 4.74 Å². The largest absolute Gasteiger partial charge is 0.481 e. The van der Waals surface area contributed by atoms with Crippen molar-refractivity contribution in [2.75, 3.05) is 14.2 Å². The highest BCUT2D eigenvalue weighted by Gasteiger charge is 2.08. The monoisotopic (exact) mass is 234 g/mol. The molecule has 0 saturated carbocycles. The standard InChI is InChI=1S/C14H22N2O/c1-5-11(2)8-13(15-3)9-12-6-7-14(17-4)16-10-12/h6-7,10,13,15H,2,5,8-9H2,1,3-4H3. The van der Waals surface area contributed by atoms with Gasteiger partial charge in [0.05, 0.1) is 7.11 Å². The Balaban J connectivity index is 2.57. The summed E-state index contributed by atoms with van der Waals surface area (Å²) in [4.78, 5) is 4.21. The molecule has 3 nitrogen and oxygen atoms in total. The van der Waals surface area contributed by atoms with Crippen LogP contribution in [0.15, 0.2) is 30.5 Å². The zero-order chi connectivity index (χ0) is 12.7. The Kier molecular flexibility index (Phi) is 5.70. The van der Waals surface area contributed by atoms with E-state index in [2.05, 4.69) is 29.9 Å². The minimum Gasteiger partial charge on any atom is -0.481 e. The van der Waals surface area contributed by atoms with Gasteiger partial charge in [-0.25, -0.2) is 4.98 Å². The Morgan fingerprint density at radius 2 is 2.29 bits per heavy atom. The van der Waals surface area contributed by atoms with Crippen LogP contribution in [-0.2, 0) is 6.42 Å². The molecule has 0 saturated heterocycles. The van der Waals surface area contributed by atoms with Gasteiger partial charge < -0.3 is 10.1 Å². The predicted octanol–water partition coefficient (Wildman–Crippen LogP) is 2.58. The summed E-state index contributed by atoms with van der Waals surface area (Å²) in [6.45, 7) is 6.20. The highest BCUT2D eigenvalue weighted by molar-refractivity contribution is 5.19. The van der Waals surface area contributed by atoms with Crippen LogP contribution >= 0.6 is 0 Å². The van der Waals surface area contributed by atoms with Crippen LogP contribution in [0.1, 0.15) is 25.3 Å². The van der Waals surface area contributed by atoms with Crippen LogP contribution in [0.2, 0.25) is 0 Å². The molecule has 0 radical (unpaired) electrons. The molecule has 1 aromatic heterocycles. The lowest BCUT2D eigenvalue weighted by Gasteiger charge is -2.17. The van der Waals surface area contributed by atoms with E-state index in [1.165, 1.54) is 11.1 Å². The van der Waals surface area contributed by atoms with Crippen LogP contribution in [0.3, 0.4) is 0 Å². The minimum absolute atomic E-state index is 0.428. The fraction of sp³-hybridized carbons (Fsp3) is 0.500. The van der Waals surface area contributed by atoms with Crippen molar-refractivity contribution in [2.45, 2.75) is 32.2 Å². The second-order valence-electron chi connectivity index (χ2n) is 4.21. The zero-order valence-corrected chi connectivity index (χ0v) is 11.0. The van der Waals surface area contributed by atoms with E-state index in [0.29, 0.717) is 11.9 Å². The van der Waals surface area contributed by atoms with Gasteiger partial charge in [0.25, 0.3) is 0 Å². The average molecular weight is 234 g/mol. The molecule has 1 rings (SSSR count). The molecule has 3 heteroatoms. The van der Waals surface area contributed by atoms with Gasteiger partial charge in [0.2, 0.25) is 5.88 Å². The number of hydrogen-bond acceptors (Lipinski definition) is 3. The van der Waals surface area contributed by atoms with Crippen molar-refractivity contribution in [3.8, 4) is 5.88 Å². The summed E-state index contributed by atoms with van der Waals surface area (Å²) in [7, 11) is 3.62. The van der Waals surface area contributed by atoms with E-state index in [4.69, 9.17) is 4.74 Å². The molecule has 1 N–H and O–H groups in total. The number of nitrogens with zero attached hydrogens (tertiary/aromatic N) is 1. The van der Waals surface area contributed by atoms with E-state index in [1.54, 1.807) is 7.11 Å². The molecule has 0 aliphatic carbocycles. The molecule has 0 fully saturated rings. The van der Waals surface area contributed by atoms with Crippen LogP contribution in [0, 0.1) is 0 Å². The van der Waals surface area contributed by atoms with Gasteiger partial charge in [0, 0.05) is 18.3 Å². The number of likely N-dealkylation sites (N-methyl/N-ethyl adjacent to an activating group) is 1. The normalized spacial score (nSPS) is 12.2. The van der Waals surface area contributed by atoms with Crippen LogP contribution in [0.5, 0.6) is 5.88 Å². The lowest BCUT2D eigenvalue weighted by Crippen LogP contribution is -2.28. The highest BCUT2D eigenvalue weighted by atomic mass is 16.5. The molecular weight excluding hydrogens is 212 g/mol. The second kappa shape index (κ2) is 7.07. The zero-order valence-electron chi connectivity index (χ0n) is 11.0. The Hall–Kier alpha value is -1.35. The van der Waals surface area contributed by atoms with Gasteiger partial charge in [-0.3, -0.25) is 0 Å². The number of ether oxygens (including phenoxy) is 1. The minimum atomic E-state index is 0.428. The number of nitrogens with one attached hydrogen (secondary N) is 1. The summed E-state index contributed by atoms with van der Waals surface area (Å²) in [5, 5.41) is 3.32. The maximum atomic E-state index is 5.04. The maximum absolute atomic E-state index is 5.04. The molecule has 0 aromatic carbocycles. The van der Waals surface area contributed by atoms with Gasteiger partial charge >= 0.3 is 0 Å². The van der Waals surface area contributed by atoms with Crippen LogP contribution in [0.25, 0.3) is 0 Å². The molecule has 1 heterocycles. The highest BCUT2D eigenvalue weighted by Crippen LogP contribution is 2.13. The Labute approximate surface area is 104 Å². The van der Waals surface area contributed by atoms with Crippen molar-refractivity contribution in [3.05, 3.63) is 36.0 Å². The van der Waals surface area contributed by atoms with Gasteiger partial charge in [-0.2, -0.15) is 0 Å². The Morgan fingerprint density at radius 3 is 2.76 bits per heavy atom. The molecule has 94 valence electrons. The molecule has 17 heavy (non-hydrogen) atoms. The Bertz CT molecular complexity index is 346. The number of methoxy groups -OCH3 is 1. The number of hydrogen-bond donors (Lipinski definition) is 1. The number of pyridine rings is 1. The SMILES string of the molecule is C=C(CC)CC(Cc1ccc(OC)nc1)NC. The quantitative estimate of drug-likeness (QED) is 0.736. The number of rotatable bonds is 7. The molecule has 1 unspecified atom stereocenters. The third-order valence-electron chi connectivity index (χ3n) is 2.93. The van der Waals surface area contributed by atoms with Crippen molar-refractivity contribution in [2.24, 2.45) is 0 Å². The van der Waals surface area contributed by atoms with Crippen LogP contribution in [0.4, 0.5) is 0 Å². The molecule has 0 aliphatic heterocycles. The first-order valence-corrected chi connectivity index (χ1v) is 6.02. The second-order valence-corrected chi connectivity index (χ2v) is 4.21. The van der Waals surface area contributed by atoms with E-state index in [9.17, 15) is 0 Å². The van der Waals surface area contributed by atoms with Gasteiger partial charge in [-0.15, -0.1) is 0 Å². The van der Waals surface area contributed by atoms with E-state index in [1.807, 2.05) is 19.3 Å². The first-order valence-electron chi connectivity index (χ1n) is 6.02. The molecule has 0 bridgehead atoms. The molecule has 1 aromatic rings. The molecule has 1 atom stereocenters. The summed E-state index contributed by atoms with van der Waals surface area (Å²) in [5.41, 5.74) is 2.50. The van der Waals surface area contributed by atoms with E-state index < -0.39 is 0 Å². The van der Waals surface area contributed by atoms with Crippen molar-refractivity contribution in [1.29, 1.82) is 0 Å². The van der Waals surface area contributed by atoms with Crippen LogP contribution < -0.4 is 10.1 Å². The maximum Gasteiger partial charge on any atom is 0.212 e. The molecule has 0 aliphatic rings. The van der Waals surface area contributed by atoms with Gasteiger partial charge in [-0.05, 0) is 31.9 Å². The molecule has 0 spiro atoms. The van der Waals surface area contributed by atoms with Gasteiger partial charge in [0.1, 0.15) is 0 Å². The van der Waals surface area contributed by atoms with E-state index >= 15 is 0 Å². The summed E-state index contributed by atoms with van der Waals surface area (Å²) in [6.07, 6.45) is 4.89. The summed E-state index contributed by atoms with van der Waals surface area (Å²) >= 11 is 0. The van der Waals surface area contributed by atoms with Crippen molar-refractivity contribution in [1.82, 2.24) is 10.3 Å².